The Hall–Kier alpha value is -1.46. The molecule has 11 heavy (non-hydrogen) atoms. The highest BCUT2D eigenvalue weighted by Crippen LogP contribution is 1.76. The Morgan fingerprint density at radius 1 is 1.36 bits per heavy atom. The molecule has 0 saturated carbocycles. The maximum Gasteiger partial charge on any atom is 0.312 e. The Labute approximate surface area is 64.3 Å². The van der Waals surface area contributed by atoms with E-state index < -0.39 is 12.1 Å². The van der Waals surface area contributed by atoms with Crippen molar-refractivity contribution in [3.63, 3.8) is 0 Å². The minimum Gasteiger partial charge on any atom is -0.352 e. The van der Waals surface area contributed by atoms with Gasteiger partial charge in [-0.3, -0.25) is 0 Å². The van der Waals surface area contributed by atoms with E-state index in [4.69, 9.17) is 11.5 Å². The second-order valence-corrected chi connectivity index (χ2v) is 2.15. The summed E-state index contributed by atoms with van der Waals surface area (Å²) in [6.45, 7) is 1.97. The van der Waals surface area contributed by atoms with Gasteiger partial charge < -0.3 is 22.1 Å². The van der Waals surface area contributed by atoms with Gasteiger partial charge in [0.15, 0.2) is 0 Å². The van der Waals surface area contributed by atoms with Gasteiger partial charge in [0.2, 0.25) is 0 Å². The number of hydrogen-bond donors (Lipinski definition) is 4. The Bertz CT molecular complexity index is 159. The smallest absolute Gasteiger partial charge is 0.312 e. The van der Waals surface area contributed by atoms with Gasteiger partial charge in [-0.15, -0.1) is 0 Å². The summed E-state index contributed by atoms with van der Waals surface area (Å²) < 4.78 is 0. The van der Waals surface area contributed by atoms with Gasteiger partial charge in [0.1, 0.15) is 0 Å². The number of hydrogen-bond acceptors (Lipinski definition) is 2. The quantitative estimate of drug-likeness (QED) is 0.412. The summed E-state index contributed by atoms with van der Waals surface area (Å²) in [5.41, 5.74) is 9.58. The van der Waals surface area contributed by atoms with Gasteiger partial charge in [-0.05, 0) is 6.92 Å². The first-order valence-electron chi connectivity index (χ1n) is 3.11. The number of urea groups is 2. The van der Waals surface area contributed by atoms with Crippen molar-refractivity contribution in [3.8, 4) is 0 Å². The summed E-state index contributed by atoms with van der Waals surface area (Å²) in [7, 11) is 0. The first-order valence-corrected chi connectivity index (χ1v) is 3.11. The van der Waals surface area contributed by atoms with Gasteiger partial charge in [0.25, 0.3) is 0 Å². The van der Waals surface area contributed by atoms with Crippen LogP contribution in [0.4, 0.5) is 9.59 Å². The van der Waals surface area contributed by atoms with Crippen LogP contribution in [-0.4, -0.2) is 24.6 Å². The van der Waals surface area contributed by atoms with E-state index in [-0.39, 0.29) is 12.6 Å². The third-order valence-corrected chi connectivity index (χ3v) is 0.971. The van der Waals surface area contributed by atoms with E-state index in [9.17, 15) is 9.59 Å². The molecule has 0 saturated heterocycles. The summed E-state index contributed by atoms with van der Waals surface area (Å²) in [6, 6.07) is -1.45. The predicted molar refractivity (Wildman–Crippen MR) is 39.8 cm³/mol. The molecular weight excluding hydrogens is 148 g/mol. The average molecular weight is 160 g/mol. The normalized spacial score (nSPS) is 11.7. The molecule has 6 heteroatoms. The Balaban J connectivity index is 3.44. The zero-order valence-corrected chi connectivity index (χ0v) is 6.26. The molecule has 6 nitrogen and oxygen atoms in total. The van der Waals surface area contributed by atoms with Crippen molar-refractivity contribution in [2.24, 2.45) is 11.5 Å². The van der Waals surface area contributed by atoms with Gasteiger partial charge in [-0.2, -0.15) is 0 Å². The van der Waals surface area contributed by atoms with Crippen LogP contribution in [0.5, 0.6) is 0 Å². The number of primary amides is 2. The summed E-state index contributed by atoms with van der Waals surface area (Å²) >= 11 is 0. The second kappa shape index (κ2) is 4.37. The second-order valence-electron chi connectivity index (χ2n) is 2.15. The molecule has 0 bridgehead atoms. The van der Waals surface area contributed by atoms with Crippen molar-refractivity contribution >= 4 is 12.1 Å². The van der Waals surface area contributed by atoms with E-state index in [0.29, 0.717) is 0 Å². The number of nitrogens with two attached hydrogens (primary N) is 2. The third-order valence-electron chi connectivity index (χ3n) is 0.971. The highest BCUT2D eigenvalue weighted by atomic mass is 16.2. The fraction of sp³-hybridized carbons (Fsp3) is 0.600. The van der Waals surface area contributed by atoms with Crippen molar-refractivity contribution in [2.45, 2.75) is 13.0 Å². The number of carbonyl (C=O) groups is 2. The van der Waals surface area contributed by atoms with E-state index in [1.807, 2.05) is 0 Å². The molecule has 0 aliphatic carbocycles. The van der Waals surface area contributed by atoms with Gasteiger partial charge >= 0.3 is 12.1 Å². The molecule has 64 valence electrons. The molecule has 0 aromatic carbocycles. The highest BCUT2D eigenvalue weighted by molar-refractivity contribution is 5.73. The van der Waals surface area contributed by atoms with E-state index in [1.54, 1.807) is 6.92 Å². The summed E-state index contributed by atoms with van der Waals surface area (Å²) in [4.78, 5) is 20.4. The fourth-order valence-corrected chi connectivity index (χ4v) is 0.548. The van der Waals surface area contributed by atoms with Gasteiger partial charge in [0.05, 0.1) is 0 Å². The molecule has 1 atom stereocenters. The first-order chi connectivity index (χ1) is 5.02. The molecule has 0 rings (SSSR count). The lowest BCUT2D eigenvalue weighted by Gasteiger charge is -2.11. The van der Waals surface area contributed by atoms with Crippen molar-refractivity contribution in [1.82, 2.24) is 10.6 Å². The van der Waals surface area contributed by atoms with Crippen LogP contribution in [0.2, 0.25) is 0 Å². The minimum absolute atomic E-state index is 0.208. The molecular formula is C5H12N4O2. The van der Waals surface area contributed by atoms with Crippen molar-refractivity contribution < 1.29 is 9.59 Å². The Morgan fingerprint density at radius 2 is 1.91 bits per heavy atom. The molecule has 0 aliphatic heterocycles. The lowest BCUT2D eigenvalue weighted by Crippen LogP contribution is -2.45. The number of carbonyl (C=O) groups excluding carboxylic acids is 2. The Morgan fingerprint density at radius 3 is 2.27 bits per heavy atom. The average Bonchev–Trinajstić information content (AvgIpc) is 1.82. The van der Waals surface area contributed by atoms with E-state index in [0.717, 1.165) is 0 Å². The van der Waals surface area contributed by atoms with Crippen LogP contribution in [0.15, 0.2) is 0 Å². The number of nitrogens with one attached hydrogen (secondary N) is 2. The minimum atomic E-state index is -0.622. The number of rotatable bonds is 3. The zero-order valence-electron chi connectivity index (χ0n) is 6.26. The standard InChI is InChI=1S/C5H12N4O2/c1-3(9-5(7)11)2-8-4(6)10/h3H,2H2,1H3,(H3,6,8,10)(H3,7,9,11)/t3-/m1/s1. The van der Waals surface area contributed by atoms with Crippen molar-refractivity contribution in [1.29, 1.82) is 0 Å². The van der Waals surface area contributed by atoms with Crippen LogP contribution in [-0.2, 0) is 0 Å². The summed E-state index contributed by atoms with van der Waals surface area (Å²) in [6.07, 6.45) is 0. The van der Waals surface area contributed by atoms with Gasteiger partial charge in [-0.1, -0.05) is 0 Å². The van der Waals surface area contributed by atoms with E-state index >= 15 is 0 Å². The lowest BCUT2D eigenvalue weighted by molar-refractivity contribution is 0.241. The SMILES string of the molecule is C[C@H](CNC(N)=O)NC(N)=O. The van der Waals surface area contributed by atoms with E-state index in [2.05, 4.69) is 10.6 Å². The molecule has 0 unspecified atom stereocenters. The predicted octanol–water partition coefficient (Wildman–Crippen LogP) is -1.29. The van der Waals surface area contributed by atoms with Crippen LogP contribution < -0.4 is 22.1 Å². The van der Waals surface area contributed by atoms with Gasteiger partial charge in [0, 0.05) is 12.6 Å². The molecule has 0 aromatic heterocycles. The fourth-order valence-electron chi connectivity index (χ4n) is 0.548. The zero-order chi connectivity index (χ0) is 8.85. The highest BCUT2D eigenvalue weighted by Gasteiger charge is 2.03. The molecule has 6 N–H and O–H groups in total. The van der Waals surface area contributed by atoms with Crippen LogP contribution >= 0.6 is 0 Å². The maximum absolute atomic E-state index is 10.2. The summed E-state index contributed by atoms with van der Waals surface area (Å²) in [5.74, 6) is 0. The van der Waals surface area contributed by atoms with Crippen LogP contribution in [0.3, 0.4) is 0 Å². The van der Waals surface area contributed by atoms with Crippen molar-refractivity contribution in [2.75, 3.05) is 6.54 Å². The molecule has 0 spiro atoms. The van der Waals surface area contributed by atoms with Crippen LogP contribution in [0.1, 0.15) is 6.92 Å². The third kappa shape index (κ3) is 6.42. The Kier molecular flexibility index (Phi) is 3.79. The van der Waals surface area contributed by atoms with E-state index in [1.165, 1.54) is 0 Å². The molecule has 0 aliphatic rings. The molecule has 0 aromatic rings. The van der Waals surface area contributed by atoms with Crippen LogP contribution in [0, 0.1) is 0 Å². The summed E-state index contributed by atoms with van der Waals surface area (Å²) in [5, 5.41) is 4.69. The molecule has 4 amide bonds. The van der Waals surface area contributed by atoms with Crippen molar-refractivity contribution in [3.05, 3.63) is 0 Å². The number of amides is 4. The molecule has 0 heterocycles. The maximum atomic E-state index is 10.2. The monoisotopic (exact) mass is 160 g/mol. The topological polar surface area (TPSA) is 110 Å². The van der Waals surface area contributed by atoms with Crippen LogP contribution in [0.25, 0.3) is 0 Å². The first kappa shape index (κ1) is 9.54. The molecule has 0 radical (unpaired) electrons. The van der Waals surface area contributed by atoms with Gasteiger partial charge in [-0.25, -0.2) is 9.59 Å². The molecule has 0 fully saturated rings. The largest absolute Gasteiger partial charge is 0.352 e. The lowest BCUT2D eigenvalue weighted by atomic mass is 10.3.